The van der Waals surface area contributed by atoms with Crippen LogP contribution in [0.2, 0.25) is 0 Å². The molecule has 0 spiro atoms. The van der Waals surface area contributed by atoms with Gasteiger partial charge in [0.2, 0.25) is 5.91 Å². The number of fused-ring (bicyclic) bond motifs is 1. The van der Waals surface area contributed by atoms with E-state index in [1.807, 2.05) is 68.4 Å². The Hall–Kier alpha value is -2.92. The predicted octanol–water partition coefficient (Wildman–Crippen LogP) is 3.05. The van der Waals surface area contributed by atoms with Crippen LogP contribution in [-0.4, -0.2) is 36.0 Å². The maximum atomic E-state index is 12.7. The lowest BCUT2D eigenvalue weighted by Crippen LogP contribution is -2.26. The summed E-state index contributed by atoms with van der Waals surface area (Å²) < 4.78 is 1.71. The molecule has 1 amide bonds. The summed E-state index contributed by atoms with van der Waals surface area (Å²) in [5, 5.41) is 4.34. The van der Waals surface area contributed by atoms with Crippen molar-refractivity contribution in [1.82, 2.24) is 9.47 Å². The molecule has 2 aromatic carbocycles. The van der Waals surface area contributed by atoms with Gasteiger partial charge in [0.1, 0.15) is 0 Å². The molecule has 27 heavy (non-hydrogen) atoms. The Morgan fingerprint density at radius 1 is 1.04 bits per heavy atom. The van der Waals surface area contributed by atoms with Gasteiger partial charge >= 0.3 is 0 Å². The van der Waals surface area contributed by atoms with E-state index >= 15 is 0 Å². The summed E-state index contributed by atoms with van der Waals surface area (Å²) in [6.07, 6.45) is 2.11. The van der Waals surface area contributed by atoms with Crippen LogP contribution in [0.25, 0.3) is 10.8 Å². The number of pyridine rings is 1. The lowest BCUT2D eigenvalue weighted by Gasteiger charge is -2.13. The first-order valence-corrected chi connectivity index (χ1v) is 9.07. The van der Waals surface area contributed by atoms with Crippen LogP contribution in [0, 0.1) is 6.92 Å². The zero-order valence-corrected chi connectivity index (χ0v) is 16.0. The summed E-state index contributed by atoms with van der Waals surface area (Å²) in [5.41, 5.74) is 2.72. The Kier molecular flexibility index (Phi) is 5.72. The molecule has 0 aliphatic carbocycles. The van der Waals surface area contributed by atoms with Gasteiger partial charge < -0.3 is 14.8 Å². The second-order valence-corrected chi connectivity index (χ2v) is 7.04. The van der Waals surface area contributed by atoms with E-state index in [0.29, 0.717) is 24.0 Å². The summed E-state index contributed by atoms with van der Waals surface area (Å²) in [6, 6.07) is 15.2. The summed E-state index contributed by atoms with van der Waals surface area (Å²) in [7, 11) is 3.96. The van der Waals surface area contributed by atoms with Crippen molar-refractivity contribution >= 4 is 22.4 Å². The number of nitrogens with zero attached hydrogens (tertiary/aromatic N) is 2. The van der Waals surface area contributed by atoms with E-state index in [1.165, 1.54) is 0 Å². The molecular weight excluding hydrogens is 338 g/mol. The van der Waals surface area contributed by atoms with Crippen LogP contribution in [0.4, 0.5) is 5.69 Å². The highest BCUT2D eigenvalue weighted by atomic mass is 16.1. The zero-order chi connectivity index (χ0) is 19.4. The molecule has 5 nitrogen and oxygen atoms in total. The molecule has 1 N–H and O–H groups in total. The molecule has 0 aliphatic heterocycles. The first kappa shape index (κ1) is 18.9. The van der Waals surface area contributed by atoms with Crippen LogP contribution in [-0.2, 0) is 17.8 Å². The maximum absolute atomic E-state index is 12.7. The van der Waals surface area contributed by atoms with Gasteiger partial charge in [-0.15, -0.1) is 0 Å². The number of anilines is 1. The maximum Gasteiger partial charge on any atom is 0.258 e. The number of hydrogen-bond acceptors (Lipinski definition) is 3. The Balaban J connectivity index is 1.85. The molecular formula is C22H25N3O2. The monoisotopic (exact) mass is 363 g/mol. The van der Waals surface area contributed by atoms with Crippen molar-refractivity contribution in [2.24, 2.45) is 0 Å². The van der Waals surface area contributed by atoms with Crippen LogP contribution in [0.3, 0.4) is 0 Å². The van der Waals surface area contributed by atoms with E-state index in [0.717, 1.165) is 23.1 Å². The van der Waals surface area contributed by atoms with Gasteiger partial charge in [0, 0.05) is 35.7 Å². The number of hydrogen-bond donors (Lipinski definition) is 1. The summed E-state index contributed by atoms with van der Waals surface area (Å²) in [4.78, 5) is 27.3. The van der Waals surface area contributed by atoms with Gasteiger partial charge in [0.25, 0.3) is 5.56 Å². The fourth-order valence-electron chi connectivity index (χ4n) is 3.09. The highest BCUT2D eigenvalue weighted by Crippen LogP contribution is 2.21. The highest BCUT2D eigenvalue weighted by Gasteiger charge is 2.10. The topological polar surface area (TPSA) is 54.3 Å². The van der Waals surface area contributed by atoms with E-state index in [4.69, 9.17) is 0 Å². The second-order valence-electron chi connectivity index (χ2n) is 7.04. The molecule has 140 valence electrons. The minimum atomic E-state index is -0.0893. The van der Waals surface area contributed by atoms with Crippen molar-refractivity contribution in [2.45, 2.75) is 19.9 Å². The first-order valence-electron chi connectivity index (χ1n) is 9.07. The third kappa shape index (κ3) is 4.44. The number of carbonyl (C=O) groups excluding carboxylic acids is 1. The zero-order valence-electron chi connectivity index (χ0n) is 16.0. The Labute approximate surface area is 159 Å². The van der Waals surface area contributed by atoms with Gasteiger partial charge in [-0.25, -0.2) is 0 Å². The van der Waals surface area contributed by atoms with Crippen molar-refractivity contribution in [3.8, 4) is 0 Å². The van der Waals surface area contributed by atoms with Crippen LogP contribution in [0.5, 0.6) is 0 Å². The van der Waals surface area contributed by atoms with Gasteiger partial charge in [-0.3, -0.25) is 9.59 Å². The highest BCUT2D eigenvalue weighted by molar-refractivity contribution is 6.02. The SMILES string of the molecule is Cc1ccccc1CC(=O)Nc1cccc2c(=O)n(CCN(C)C)ccc12. The van der Waals surface area contributed by atoms with Gasteiger partial charge in [-0.1, -0.05) is 30.3 Å². The normalized spacial score (nSPS) is 11.1. The number of aryl methyl sites for hydroxylation is 1. The minimum absolute atomic E-state index is 0.0376. The largest absolute Gasteiger partial charge is 0.325 e. The van der Waals surface area contributed by atoms with Crippen molar-refractivity contribution in [3.05, 3.63) is 76.2 Å². The number of aromatic nitrogens is 1. The van der Waals surface area contributed by atoms with E-state index in [-0.39, 0.29) is 11.5 Å². The van der Waals surface area contributed by atoms with Crippen LogP contribution in [0.15, 0.2) is 59.5 Å². The molecule has 5 heteroatoms. The lowest BCUT2D eigenvalue weighted by molar-refractivity contribution is -0.115. The van der Waals surface area contributed by atoms with Gasteiger partial charge in [-0.2, -0.15) is 0 Å². The van der Waals surface area contributed by atoms with Gasteiger partial charge in [0.05, 0.1) is 6.42 Å². The van der Waals surface area contributed by atoms with E-state index in [1.54, 1.807) is 16.8 Å². The summed E-state index contributed by atoms with van der Waals surface area (Å²) in [5.74, 6) is -0.0893. The Morgan fingerprint density at radius 3 is 2.56 bits per heavy atom. The Morgan fingerprint density at radius 2 is 1.81 bits per heavy atom. The average molecular weight is 363 g/mol. The van der Waals surface area contributed by atoms with Crippen molar-refractivity contribution < 1.29 is 4.79 Å². The molecule has 3 rings (SSSR count). The van der Waals surface area contributed by atoms with Crippen molar-refractivity contribution in [1.29, 1.82) is 0 Å². The molecule has 1 heterocycles. The van der Waals surface area contributed by atoms with E-state index in [2.05, 4.69) is 5.32 Å². The molecule has 0 radical (unpaired) electrons. The molecule has 0 saturated heterocycles. The molecule has 3 aromatic rings. The van der Waals surface area contributed by atoms with E-state index < -0.39 is 0 Å². The number of amides is 1. The average Bonchev–Trinajstić information content (AvgIpc) is 2.63. The summed E-state index contributed by atoms with van der Waals surface area (Å²) in [6.45, 7) is 3.42. The molecule has 1 aromatic heterocycles. The van der Waals surface area contributed by atoms with Crippen LogP contribution < -0.4 is 10.9 Å². The quantitative estimate of drug-likeness (QED) is 0.732. The van der Waals surface area contributed by atoms with Gasteiger partial charge in [-0.05, 0) is 50.3 Å². The van der Waals surface area contributed by atoms with Crippen LogP contribution in [0.1, 0.15) is 11.1 Å². The number of likely N-dealkylation sites (N-methyl/N-ethyl adjacent to an activating group) is 1. The summed E-state index contributed by atoms with van der Waals surface area (Å²) >= 11 is 0. The third-order valence-electron chi connectivity index (χ3n) is 4.69. The molecule has 0 aliphatic rings. The molecule has 0 atom stereocenters. The van der Waals surface area contributed by atoms with E-state index in [9.17, 15) is 9.59 Å². The van der Waals surface area contributed by atoms with Crippen molar-refractivity contribution in [2.75, 3.05) is 26.0 Å². The second kappa shape index (κ2) is 8.18. The molecule has 0 saturated carbocycles. The minimum Gasteiger partial charge on any atom is -0.325 e. The molecule has 0 bridgehead atoms. The predicted molar refractivity (Wildman–Crippen MR) is 110 cm³/mol. The molecule has 0 unspecified atom stereocenters. The van der Waals surface area contributed by atoms with Gasteiger partial charge in [0.15, 0.2) is 0 Å². The number of nitrogens with one attached hydrogen (secondary N) is 1. The lowest BCUT2D eigenvalue weighted by atomic mass is 10.1. The smallest absolute Gasteiger partial charge is 0.258 e. The standard InChI is InChI=1S/C22H25N3O2/c1-16-7-4-5-8-17(16)15-21(26)23-20-10-6-9-19-18(20)11-12-25(22(19)27)14-13-24(2)3/h4-12H,13-15H2,1-3H3,(H,23,26). The number of carbonyl (C=O) groups is 1. The fraction of sp³-hybridized carbons (Fsp3) is 0.273. The third-order valence-corrected chi connectivity index (χ3v) is 4.69. The molecule has 0 fully saturated rings. The first-order chi connectivity index (χ1) is 13.0. The van der Waals surface area contributed by atoms with Crippen molar-refractivity contribution in [3.63, 3.8) is 0 Å². The fourth-order valence-corrected chi connectivity index (χ4v) is 3.09. The van der Waals surface area contributed by atoms with Crippen LogP contribution >= 0.6 is 0 Å². The number of rotatable bonds is 6. The Bertz CT molecular complexity index is 1020. The number of benzene rings is 2.